The Hall–Kier alpha value is -2.30. The fraction of sp³-hybridized carbons (Fsp3) is 0.0909. The maximum absolute atomic E-state index is 10.7. The summed E-state index contributed by atoms with van der Waals surface area (Å²) in [6, 6.07) is 8.64. The molecular weight excluding hydrogens is 212 g/mol. The molecule has 2 N–H and O–H groups in total. The highest BCUT2D eigenvalue weighted by Gasteiger charge is 2.10. The molecule has 0 aromatic heterocycles. The zero-order valence-corrected chi connectivity index (χ0v) is 8.29. The van der Waals surface area contributed by atoms with Crippen LogP contribution in [0.1, 0.15) is 5.56 Å². The Balaban J connectivity index is 2.81. The first-order valence-corrected chi connectivity index (χ1v) is 4.44. The van der Waals surface area contributed by atoms with Crippen molar-refractivity contribution in [3.63, 3.8) is 0 Å². The number of ether oxygens (including phenoxy) is 1. The minimum Gasteiger partial charge on any atom is -0.479 e. The lowest BCUT2D eigenvalue weighted by Gasteiger charge is -2.03. The van der Waals surface area contributed by atoms with E-state index in [1.165, 1.54) is 6.08 Å². The minimum atomic E-state index is -1.30. The van der Waals surface area contributed by atoms with Crippen molar-refractivity contribution in [2.75, 3.05) is 6.61 Å². The highest BCUT2D eigenvalue weighted by atomic mass is 16.5. The number of rotatable bonds is 5. The Labute approximate surface area is 91.6 Å². The molecule has 0 aliphatic rings. The third-order valence-corrected chi connectivity index (χ3v) is 1.66. The molecule has 84 valence electrons. The van der Waals surface area contributed by atoms with E-state index in [2.05, 4.69) is 4.74 Å². The van der Waals surface area contributed by atoms with E-state index >= 15 is 0 Å². The van der Waals surface area contributed by atoms with Gasteiger partial charge < -0.3 is 14.9 Å². The molecule has 0 bridgehead atoms. The highest BCUT2D eigenvalue weighted by Crippen LogP contribution is 2.07. The van der Waals surface area contributed by atoms with Gasteiger partial charge in [0.25, 0.3) is 0 Å². The van der Waals surface area contributed by atoms with E-state index in [0.29, 0.717) is 5.56 Å². The van der Waals surface area contributed by atoms with Crippen molar-refractivity contribution in [3.8, 4) is 0 Å². The summed E-state index contributed by atoms with van der Waals surface area (Å²) in [5, 5.41) is 17.1. The number of carbonyl (C=O) groups is 2. The summed E-state index contributed by atoms with van der Waals surface area (Å²) < 4.78 is 4.63. The third-order valence-electron chi connectivity index (χ3n) is 1.66. The normalized spacial score (nSPS) is 10.9. The number of aliphatic carboxylic acids is 2. The van der Waals surface area contributed by atoms with Crippen LogP contribution >= 0.6 is 0 Å². The van der Waals surface area contributed by atoms with Gasteiger partial charge in [-0.1, -0.05) is 30.3 Å². The van der Waals surface area contributed by atoms with Gasteiger partial charge in [-0.3, -0.25) is 0 Å². The summed E-state index contributed by atoms with van der Waals surface area (Å²) in [5.41, 5.74) is 0.630. The lowest BCUT2D eigenvalue weighted by molar-refractivity contribution is -0.143. The molecule has 0 unspecified atom stereocenters. The van der Waals surface area contributed by atoms with Crippen molar-refractivity contribution in [1.82, 2.24) is 0 Å². The van der Waals surface area contributed by atoms with Gasteiger partial charge in [-0.15, -0.1) is 0 Å². The van der Waals surface area contributed by atoms with E-state index in [1.807, 2.05) is 0 Å². The maximum Gasteiger partial charge on any atom is 0.371 e. The summed E-state index contributed by atoms with van der Waals surface area (Å²) >= 11 is 0. The Bertz CT molecular complexity index is 408. The SMILES string of the molecule is O=C(O)COC(=Cc1ccccc1)C(=O)O. The molecule has 0 fully saturated rings. The van der Waals surface area contributed by atoms with Crippen LogP contribution in [0.5, 0.6) is 0 Å². The molecule has 0 heterocycles. The zero-order valence-electron chi connectivity index (χ0n) is 8.29. The van der Waals surface area contributed by atoms with Crippen LogP contribution in [0, 0.1) is 0 Å². The molecule has 5 heteroatoms. The Kier molecular flexibility index (Phi) is 4.08. The second kappa shape index (κ2) is 5.55. The van der Waals surface area contributed by atoms with Crippen LogP contribution in [-0.4, -0.2) is 28.8 Å². The van der Waals surface area contributed by atoms with Gasteiger partial charge in [-0.05, 0) is 11.6 Å². The van der Waals surface area contributed by atoms with Gasteiger partial charge in [-0.2, -0.15) is 0 Å². The molecule has 1 aromatic rings. The lowest BCUT2D eigenvalue weighted by Crippen LogP contribution is -2.11. The first kappa shape index (κ1) is 11.8. The molecule has 16 heavy (non-hydrogen) atoms. The van der Waals surface area contributed by atoms with Crippen LogP contribution in [-0.2, 0) is 14.3 Å². The van der Waals surface area contributed by atoms with Crippen molar-refractivity contribution in [2.24, 2.45) is 0 Å². The molecule has 0 spiro atoms. The molecule has 0 aliphatic carbocycles. The predicted octanol–water partition coefficient (Wildman–Crippen LogP) is 1.21. The van der Waals surface area contributed by atoms with Gasteiger partial charge in [0.05, 0.1) is 0 Å². The first-order chi connectivity index (χ1) is 7.59. The van der Waals surface area contributed by atoms with E-state index in [0.717, 1.165) is 0 Å². The summed E-state index contributed by atoms with van der Waals surface area (Å²) in [4.78, 5) is 21.0. The minimum absolute atomic E-state index is 0.395. The van der Waals surface area contributed by atoms with Gasteiger partial charge in [0.15, 0.2) is 6.61 Å². The van der Waals surface area contributed by atoms with E-state index < -0.39 is 24.3 Å². The number of carboxylic acid groups (broad SMARTS) is 2. The second-order valence-electron chi connectivity index (χ2n) is 2.91. The summed E-state index contributed by atoms with van der Waals surface area (Å²) in [7, 11) is 0. The Morgan fingerprint density at radius 1 is 1.19 bits per heavy atom. The third kappa shape index (κ3) is 3.83. The van der Waals surface area contributed by atoms with Crippen LogP contribution in [0.2, 0.25) is 0 Å². The zero-order chi connectivity index (χ0) is 12.0. The molecule has 0 amide bonds. The van der Waals surface area contributed by atoms with E-state index in [-0.39, 0.29) is 0 Å². The topological polar surface area (TPSA) is 83.8 Å². The summed E-state index contributed by atoms with van der Waals surface area (Å²) in [5.74, 6) is -2.92. The predicted molar refractivity (Wildman–Crippen MR) is 55.6 cm³/mol. The van der Waals surface area contributed by atoms with Crippen LogP contribution < -0.4 is 0 Å². The quantitative estimate of drug-likeness (QED) is 0.578. The first-order valence-electron chi connectivity index (χ1n) is 4.44. The number of benzene rings is 1. The van der Waals surface area contributed by atoms with Gasteiger partial charge in [0.2, 0.25) is 5.76 Å². The number of hydrogen-bond acceptors (Lipinski definition) is 3. The van der Waals surface area contributed by atoms with Crippen molar-refractivity contribution >= 4 is 18.0 Å². The van der Waals surface area contributed by atoms with Crippen molar-refractivity contribution in [3.05, 3.63) is 41.7 Å². The highest BCUT2D eigenvalue weighted by molar-refractivity contribution is 5.90. The van der Waals surface area contributed by atoms with E-state index in [9.17, 15) is 9.59 Å². The van der Waals surface area contributed by atoms with Crippen LogP contribution in [0.25, 0.3) is 6.08 Å². The van der Waals surface area contributed by atoms with E-state index in [4.69, 9.17) is 10.2 Å². The molecule has 0 radical (unpaired) electrons. The monoisotopic (exact) mass is 222 g/mol. The molecule has 5 nitrogen and oxygen atoms in total. The van der Waals surface area contributed by atoms with E-state index in [1.54, 1.807) is 30.3 Å². The fourth-order valence-corrected chi connectivity index (χ4v) is 1.01. The van der Waals surface area contributed by atoms with Gasteiger partial charge in [0.1, 0.15) is 0 Å². The van der Waals surface area contributed by atoms with Crippen molar-refractivity contribution in [2.45, 2.75) is 0 Å². The fourth-order valence-electron chi connectivity index (χ4n) is 1.01. The van der Waals surface area contributed by atoms with Crippen molar-refractivity contribution in [1.29, 1.82) is 0 Å². The molecule has 0 saturated heterocycles. The molecule has 0 saturated carbocycles. The summed E-state index contributed by atoms with van der Waals surface area (Å²) in [6.45, 7) is -0.676. The largest absolute Gasteiger partial charge is 0.479 e. The molecule has 1 rings (SSSR count). The molecule has 0 aliphatic heterocycles. The smallest absolute Gasteiger partial charge is 0.371 e. The van der Waals surface area contributed by atoms with Gasteiger partial charge in [-0.25, -0.2) is 9.59 Å². The van der Waals surface area contributed by atoms with Crippen LogP contribution in [0.3, 0.4) is 0 Å². The average Bonchev–Trinajstić information content (AvgIpc) is 2.25. The van der Waals surface area contributed by atoms with Crippen LogP contribution in [0.4, 0.5) is 0 Å². The van der Waals surface area contributed by atoms with Crippen molar-refractivity contribution < 1.29 is 24.5 Å². The number of carboxylic acids is 2. The maximum atomic E-state index is 10.7. The average molecular weight is 222 g/mol. The Morgan fingerprint density at radius 3 is 2.31 bits per heavy atom. The molecular formula is C11H10O5. The second-order valence-corrected chi connectivity index (χ2v) is 2.91. The number of hydrogen-bond donors (Lipinski definition) is 2. The molecule has 0 atom stereocenters. The lowest BCUT2D eigenvalue weighted by atomic mass is 10.2. The van der Waals surface area contributed by atoms with Crippen LogP contribution in [0.15, 0.2) is 36.1 Å². The Morgan fingerprint density at radius 2 is 1.81 bits per heavy atom. The molecule has 1 aromatic carbocycles. The van der Waals surface area contributed by atoms with Gasteiger partial charge >= 0.3 is 11.9 Å². The standard InChI is InChI=1S/C11H10O5/c12-10(13)7-16-9(11(14)15)6-8-4-2-1-3-5-8/h1-6H,7H2,(H,12,13)(H,14,15). The van der Waals surface area contributed by atoms with Gasteiger partial charge in [0, 0.05) is 0 Å². The summed E-state index contributed by atoms with van der Waals surface area (Å²) in [6.07, 6.45) is 1.27.